The van der Waals surface area contributed by atoms with E-state index in [-0.39, 0.29) is 6.04 Å². The molecule has 2 rings (SSSR count). The van der Waals surface area contributed by atoms with Gasteiger partial charge in [0.1, 0.15) is 0 Å². The smallest absolute Gasteiger partial charge is 0.313 e. The summed E-state index contributed by atoms with van der Waals surface area (Å²) in [7, 11) is 0. The van der Waals surface area contributed by atoms with Gasteiger partial charge in [0.25, 0.3) is 0 Å². The molecule has 0 fully saturated rings. The second-order valence-electron chi connectivity index (χ2n) is 5.75. The van der Waals surface area contributed by atoms with Crippen molar-refractivity contribution < 1.29 is 9.90 Å². The van der Waals surface area contributed by atoms with Gasteiger partial charge in [-0.3, -0.25) is 4.79 Å². The number of hydrogen-bond acceptors (Lipinski definition) is 2. The summed E-state index contributed by atoms with van der Waals surface area (Å²) in [6.45, 7) is 5.52. The van der Waals surface area contributed by atoms with E-state index in [0.29, 0.717) is 0 Å². The van der Waals surface area contributed by atoms with Gasteiger partial charge in [0, 0.05) is 11.7 Å². The molecule has 21 heavy (non-hydrogen) atoms. The molecule has 3 nitrogen and oxygen atoms in total. The van der Waals surface area contributed by atoms with Crippen molar-refractivity contribution in [3.05, 3.63) is 65.7 Å². The number of carbonyl (C=O) groups is 1. The summed E-state index contributed by atoms with van der Waals surface area (Å²) in [4.78, 5) is 11.5. The highest BCUT2D eigenvalue weighted by molar-refractivity contribution is 5.83. The summed E-state index contributed by atoms with van der Waals surface area (Å²) < 4.78 is 0. The van der Waals surface area contributed by atoms with Gasteiger partial charge in [0.15, 0.2) is 0 Å². The summed E-state index contributed by atoms with van der Waals surface area (Å²) in [5.74, 6) is -0.830. The number of benzene rings is 2. The first kappa shape index (κ1) is 15.1. The predicted molar refractivity (Wildman–Crippen MR) is 85.6 cm³/mol. The fourth-order valence-electron chi connectivity index (χ4n) is 2.33. The molecule has 0 amide bonds. The van der Waals surface area contributed by atoms with Crippen molar-refractivity contribution in [3.63, 3.8) is 0 Å². The highest BCUT2D eigenvalue weighted by Gasteiger charge is 2.31. The van der Waals surface area contributed by atoms with Crippen molar-refractivity contribution in [2.45, 2.75) is 32.2 Å². The summed E-state index contributed by atoms with van der Waals surface area (Å²) in [6, 6.07) is 17.8. The van der Waals surface area contributed by atoms with Crippen LogP contribution in [-0.2, 0) is 10.2 Å². The molecular weight excluding hydrogens is 262 g/mol. The van der Waals surface area contributed by atoms with Crippen molar-refractivity contribution >= 4 is 11.7 Å². The zero-order valence-corrected chi connectivity index (χ0v) is 12.6. The van der Waals surface area contributed by atoms with E-state index in [1.165, 1.54) is 5.56 Å². The highest BCUT2D eigenvalue weighted by Crippen LogP contribution is 2.32. The van der Waals surface area contributed by atoms with Crippen molar-refractivity contribution in [2.24, 2.45) is 0 Å². The molecule has 0 aliphatic rings. The Labute approximate surface area is 125 Å². The van der Waals surface area contributed by atoms with Crippen LogP contribution in [0.2, 0.25) is 0 Å². The van der Waals surface area contributed by atoms with Crippen LogP contribution in [0, 0.1) is 0 Å². The van der Waals surface area contributed by atoms with Crippen molar-refractivity contribution in [1.82, 2.24) is 0 Å². The number of para-hydroxylation sites is 1. The van der Waals surface area contributed by atoms with Gasteiger partial charge < -0.3 is 10.4 Å². The Morgan fingerprint density at radius 3 is 2.24 bits per heavy atom. The standard InChI is InChI=1S/C18H21NO2/c1-13(14-9-5-4-6-10-14)19-16-12-8-7-11-15(16)18(2,3)17(20)21/h4-13,19H,1-3H3,(H,20,21). The predicted octanol–water partition coefficient (Wildman–Crippen LogP) is 4.22. The van der Waals surface area contributed by atoms with Crippen LogP contribution < -0.4 is 5.32 Å². The molecule has 0 saturated carbocycles. The zero-order valence-electron chi connectivity index (χ0n) is 12.6. The Kier molecular flexibility index (Phi) is 4.32. The Morgan fingerprint density at radius 1 is 1.05 bits per heavy atom. The number of anilines is 1. The molecule has 0 aliphatic carbocycles. The monoisotopic (exact) mass is 283 g/mol. The number of aliphatic carboxylic acids is 1. The minimum absolute atomic E-state index is 0.108. The van der Waals surface area contributed by atoms with Crippen LogP contribution in [0.25, 0.3) is 0 Å². The molecule has 2 N–H and O–H groups in total. The highest BCUT2D eigenvalue weighted by atomic mass is 16.4. The molecule has 1 unspecified atom stereocenters. The molecule has 110 valence electrons. The lowest BCUT2D eigenvalue weighted by atomic mass is 9.83. The van der Waals surface area contributed by atoms with E-state index >= 15 is 0 Å². The second-order valence-corrected chi connectivity index (χ2v) is 5.75. The Balaban J connectivity index is 2.31. The lowest BCUT2D eigenvalue weighted by Gasteiger charge is -2.25. The van der Waals surface area contributed by atoms with Crippen LogP contribution in [0.15, 0.2) is 54.6 Å². The van der Waals surface area contributed by atoms with E-state index in [9.17, 15) is 9.90 Å². The first-order valence-electron chi connectivity index (χ1n) is 7.07. The summed E-state index contributed by atoms with van der Waals surface area (Å²) in [5, 5.41) is 12.9. The third-order valence-corrected chi connectivity index (χ3v) is 3.81. The third kappa shape index (κ3) is 3.24. The van der Waals surface area contributed by atoms with Crippen LogP contribution in [0.3, 0.4) is 0 Å². The van der Waals surface area contributed by atoms with Gasteiger partial charge >= 0.3 is 5.97 Å². The quantitative estimate of drug-likeness (QED) is 0.863. The molecule has 0 aliphatic heterocycles. The van der Waals surface area contributed by atoms with E-state index < -0.39 is 11.4 Å². The van der Waals surface area contributed by atoms with Gasteiger partial charge in [0.05, 0.1) is 5.41 Å². The summed E-state index contributed by atoms with van der Waals surface area (Å²) >= 11 is 0. The normalized spacial score (nSPS) is 12.7. The number of carboxylic acids is 1. The molecule has 0 spiro atoms. The summed E-state index contributed by atoms with van der Waals surface area (Å²) in [5.41, 5.74) is 1.89. The SMILES string of the molecule is CC(Nc1ccccc1C(C)(C)C(=O)O)c1ccccc1. The van der Waals surface area contributed by atoms with E-state index in [1.807, 2.05) is 42.5 Å². The van der Waals surface area contributed by atoms with Crippen LogP contribution in [0.4, 0.5) is 5.69 Å². The van der Waals surface area contributed by atoms with Crippen molar-refractivity contribution in [3.8, 4) is 0 Å². The fraction of sp³-hybridized carbons (Fsp3) is 0.278. The topological polar surface area (TPSA) is 49.3 Å². The van der Waals surface area contributed by atoms with E-state index in [4.69, 9.17) is 0 Å². The van der Waals surface area contributed by atoms with Gasteiger partial charge in [-0.2, -0.15) is 0 Å². The molecule has 0 saturated heterocycles. The summed E-state index contributed by atoms with van der Waals surface area (Å²) in [6.07, 6.45) is 0. The molecule has 0 heterocycles. The second kappa shape index (κ2) is 6.00. The third-order valence-electron chi connectivity index (χ3n) is 3.81. The Bertz CT molecular complexity index is 620. The average molecular weight is 283 g/mol. The maximum Gasteiger partial charge on any atom is 0.313 e. The number of rotatable bonds is 5. The number of hydrogen-bond donors (Lipinski definition) is 2. The Morgan fingerprint density at radius 2 is 1.62 bits per heavy atom. The maximum atomic E-state index is 11.5. The fourth-order valence-corrected chi connectivity index (χ4v) is 2.33. The van der Waals surface area contributed by atoms with Gasteiger partial charge in [-0.25, -0.2) is 0 Å². The minimum atomic E-state index is -0.931. The van der Waals surface area contributed by atoms with Gasteiger partial charge in [-0.15, -0.1) is 0 Å². The van der Waals surface area contributed by atoms with Crippen molar-refractivity contribution in [2.75, 3.05) is 5.32 Å². The minimum Gasteiger partial charge on any atom is -0.481 e. The van der Waals surface area contributed by atoms with Crippen LogP contribution >= 0.6 is 0 Å². The molecule has 0 bridgehead atoms. The molecular formula is C18H21NO2. The molecule has 2 aromatic carbocycles. The molecule has 0 aromatic heterocycles. The van der Waals surface area contributed by atoms with E-state index in [0.717, 1.165) is 11.3 Å². The average Bonchev–Trinajstić information content (AvgIpc) is 2.48. The molecule has 2 aromatic rings. The molecule has 3 heteroatoms. The van der Waals surface area contributed by atoms with Crippen LogP contribution in [0.1, 0.15) is 37.9 Å². The van der Waals surface area contributed by atoms with Crippen molar-refractivity contribution in [1.29, 1.82) is 0 Å². The Hall–Kier alpha value is -2.29. The first-order chi connectivity index (χ1) is 9.93. The first-order valence-corrected chi connectivity index (χ1v) is 7.07. The largest absolute Gasteiger partial charge is 0.481 e. The lowest BCUT2D eigenvalue weighted by Crippen LogP contribution is -2.29. The number of nitrogens with one attached hydrogen (secondary N) is 1. The van der Waals surface area contributed by atoms with Gasteiger partial charge in [-0.05, 0) is 38.0 Å². The zero-order chi connectivity index (χ0) is 15.5. The van der Waals surface area contributed by atoms with Crippen LogP contribution in [0.5, 0.6) is 0 Å². The van der Waals surface area contributed by atoms with Gasteiger partial charge in [0.2, 0.25) is 0 Å². The van der Waals surface area contributed by atoms with E-state index in [1.54, 1.807) is 13.8 Å². The molecule has 0 radical (unpaired) electrons. The number of carboxylic acid groups (broad SMARTS) is 1. The van der Waals surface area contributed by atoms with Crippen LogP contribution in [-0.4, -0.2) is 11.1 Å². The molecule has 1 atom stereocenters. The maximum absolute atomic E-state index is 11.5. The van der Waals surface area contributed by atoms with E-state index in [2.05, 4.69) is 24.4 Å². The lowest BCUT2D eigenvalue weighted by molar-refractivity contribution is -0.142. The van der Waals surface area contributed by atoms with Gasteiger partial charge in [-0.1, -0.05) is 48.5 Å².